The van der Waals surface area contributed by atoms with E-state index in [-0.39, 0.29) is 23.4 Å². The Kier molecular flexibility index (Phi) is 5.82. The van der Waals surface area contributed by atoms with Crippen LogP contribution >= 0.6 is 0 Å². The Labute approximate surface area is 166 Å². The molecule has 2 N–H and O–H groups in total. The normalized spacial score (nSPS) is 11.2. The zero-order valence-electron chi connectivity index (χ0n) is 16.5. The van der Waals surface area contributed by atoms with E-state index in [2.05, 4.69) is 30.8 Å². The summed E-state index contributed by atoms with van der Waals surface area (Å²) in [6.07, 6.45) is 1.60. The largest absolute Gasteiger partial charge is 0.491 e. The van der Waals surface area contributed by atoms with Gasteiger partial charge in [-0.25, -0.2) is 5.43 Å². The van der Waals surface area contributed by atoms with Gasteiger partial charge in [0.1, 0.15) is 17.1 Å². The molecule has 0 aliphatic carbocycles. The number of benzene rings is 1. The summed E-state index contributed by atoms with van der Waals surface area (Å²) in [4.78, 5) is 26.8. The fourth-order valence-electron chi connectivity index (χ4n) is 2.43. The fourth-order valence-corrected chi connectivity index (χ4v) is 2.43. The lowest BCUT2D eigenvalue weighted by Gasteiger charge is -2.09. The molecule has 1 aromatic carbocycles. The Balaban J connectivity index is 1.73. The molecule has 1 amide bonds. The number of nitrogens with one attached hydrogen (secondary N) is 2. The van der Waals surface area contributed by atoms with Crippen LogP contribution in [0.15, 0.2) is 40.2 Å². The van der Waals surface area contributed by atoms with Crippen molar-refractivity contribution in [3.8, 4) is 11.7 Å². The highest BCUT2D eigenvalue weighted by molar-refractivity contribution is 5.93. The molecule has 10 nitrogen and oxygen atoms in total. The average Bonchev–Trinajstić information content (AvgIpc) is 3.07. The maximum absolute atomic E-state index is 12.5. The summed E-state index contributed by atoms with van der Waals surface area (Å²) in [5.41, 5.74) is 3.78. The van der Waals surface area contributed by atoms with Gasteiger partial charge in [0.2, 0.25) is 0 Å². The van der Waals surface area contributed by atoms with Crippen LogP contribution in [0.25, 0.3) is 5.95 Å². The van der Waals surface area contributed by atoms with Gasteiger partial charge in [-0.1, -0.05) is 0 Å². The van der Waals surface area contributed by atoms with E-state index in [1.54, 1.807) is 13.0 Å². The van der Waals surface area contributed by atoms with Crippen molar-refractivity contribution in [3.05, 3.63) is 63.3 Å². The fraction of sp³-hybridized carbons (Fsp3) is 0.263. The lowest BCUT2D eigenvalue weighted by atomic mass is 10.2. The number of rotatable bonds is 6. The van der Waals surface area contributed by atoms with Gasteiger partial charge in [0.25, 0.3) is 17.4 Å². The first kappa shape index (κ1) is 19.9. The van der Waals surface area contributed by atoms with Crippen LogP contribution in [0.5, 0.6) is 5.75 Å². The molecule has 0 bridgehead atoms. The van der Waals surface area contributed by atoms with Crippen molar-refractivity contribution in [1.29, 1.82) is 0 Å². The molecule has 150 valence electrons. The highest BCUT2D eigenvalue weighted by Gasteiger charge is 2.17. The molecule has 0 aliphatic rings. The lowest BCUT2D eigenvalue weighted by Crippen LogP contribution is -2.24. The molecule has 0 saturated heterocycles. The first-order chi connectivity index (χ1) is 13.8. The lowest BCUT2D eigenvalue weighted by molar-refractivity contribution is 0.0947. The van der Waals surface area contributed by atoms with E-state index < -0.39 is 11.5 Å². The van der Waals surface area contributed by atoms with Gasteiger partial charge in [-0.2, -0.15) is 14.9 Å². The van der Waals surface area contributed by atoms with Crippen LogP contribution in [0.4, 0.5) is 0 Å². The van der Waals surface area contributed by atoms with E-state index in [0.717, 1.165) is 11.3 Å². The Hall–Kier alpha value is -3.82. The molecule has 0 fully saturated rings. The summed E-state index contributed by atoms with van der Waals surface area (Å²) >= 11 is 0. The molecule has 3 rings (SSSR count). The van der Waals surface area contributed by atoms with Crippen LogP contribution in [0.1, 0.15) is 41.3 Å². The summed E-state index contributed by atoms with van der Waals surface area (Å²) in [7, 11) is 0. The first-order valence-corrected chi connectivity index (χ1v) is 8.94. The van der Waals surface area contributed by atoms with E-state index in [4.69, 9.17) is 4.74 Å². The monoisotopic (exact) mass is 395 g/mol. The number of hydrogen-bond donors (Lipinski definition) is 2. The second kappa shape index (κ2) is 8.46. The standard InChI is InChI=1S/C19H21N7O3/c1-11(2)29-15-7-5-14(6-8-15)10-20-23-18(28)16-9-12(3)25-26(16)19-21-17(27)13(4)22-24-19/h5-11H,1-4H3,(H,23,28)(H,21,24,27)/b20-10-. The molecule has 10 heteroatoms. The topological polar surface area (TPSA) is 127 Å². The number of carbonyl (C=O) groups excluding carboxylic acids is 1. The number of ether oxygens (including phenoxy) is 1. The predicted octanol–water partition coefficient (Wildman–Crippen LogP) is 1.52. The third-order valence-electron chi connectivity index (χ3n) is 3.75. The molecule has 0 saturated carbocycles. The van der Waals surface area contributed by atoms with Gasteiger partial charge < -0.3 is 4.74 Å². The van der Waals surface area contributed by atoms with Gasteiger partial charge in [0, 0.05) is 0 Å². The molecular formula is C19H21N7O3. The number of carbonyl (C=O) groups is 1. The smallest absolute Gasteiger partial charge is 0.290 e. The summed E-state index contributed by atoms with van der Waals surface area (Å²) in [5, 5.41) is 15.8. The highest BCUT2D eigenvalue weighted by atomic mass is 16.5. The van der Waals surface area contributed by atoms with Crippen LogP contribution in [0.2, 0.25) is 0 Å². The van der Waals surface area contributed by atoms with Crippen LogP contribution in [0.3, 0.4) is 0 Å². The van der Waals surface area contributed by atoms with Gasteiger partial charge in [0.15, 0.2) is 0 Å². The van der Waals surface area contributed by atoms with E-state index in [1.807, 2.05) is 38.1 Å². The Morgan fingerprint density at radius 2 is 1.97 bits per heavy atom. The predicted molar refractivity (Wildman–Crippen MR) is 107 cm³/mol. The minimum atomic E-state index is -0.509. The summed E-state index contributed by atoms with van der Waals surface area (Å²) < 4.78 is 6.80. The van der Waals surface area contributed by atoms with Crippen molar-refractivity contribution in [3.63, 3.8) is 0 Å². The van der Waals surface area contributed by atoms with Crippen molar-refractivity contribution < 1.29 is 9.53 Å². The van der Waals surface area contributed by atoms with Crippen molar-refractivity contribution in [1.82, 2.24) is 30.4 Å². The number of hydrogen-bond acceptors (Lipinski definition) is 7. The average molecular weight is 395 g/mol. The second-order valence-electron chi connectivity index (χ2n) is 6.58. The van der Waals surface area contributed by atoms with Crippen LogP contribution in [-0.4, -0.2) is 43.2 Å². The second-order valence-corrected chi connectivity index (χ2v) is 6.58. The molecular weight excluding hydrogens is 374 g/mol. The quantitative estimate of drug-likeness (QED) is 0.481. The number of hydrazone groups is 1. The van der Waals surface area contributed by atoms with Crippen LogP contribution < -0.4 is 15.7 Å². The van der Waals surface area contributed by atoms with Crippen molar-refractivity contribution in [2.45, 2.75) is 33.8 Å². The SMILES string of the molecule is Cc1cc(C(=O)N/N=C\c2ccc(OC(C)C)cc2)n(-c2nnc(C)c(=O)[nH]2)n1. The number of aromatic amines is 1. The first-order valence-electron chi connectivity index (χ1n) is 8.94. The molecule has 0 radical (unpaired) electrons. The van der Waals surface area contributed by atoms with Crippen LogP contribution in [0, 0.1) is 13.8 Å². The van der Waals surface area contributed by atoms with Gasteiger partial charge in [-0.15, -0.1) is 10.2 Å². The summed E-state index contributed by atoms with van der Waals surface area (Å²) in [6.45, 7) is 7.16. The molecule has 2 aromatic heterocycles. The number of amides is 1. The minimum Gasteiger partial charge on any atom is -0.491 e. The van der Waals surface area contributed by atoms with Gasteiger partial charge in [-0.3, -0.25) is 14.6 Å². The Bertz CT molecular complexity index is 1100. The van der Waals surface area contributed by atoms with Gasteiger partial charge in [-0.05, 0) is 63.6 Å². The van der Waals surface area contributed by atoms with Crippen molar-refractivity contribution in [2.24, 2.45) is 5.10 Å². The van der Waals surface area contributed by atoms with E-state index in [1.165, 1.54) is 17.8 Å². The van der Waals surface area contributed by atoms with Gasteiger partial charge in [0.05, 0.1) is 18.0 Å². The maximum atomic E-state index is 12.5. The Morgan fingerprint density at radius 1 is 1.24 bits per heavy atom. The zero-order valence-corrected chi connectivity index (χ0v) is 16.5. The molecule has 0 unspecified atom stereocenters. The summed E-state index contributed by atoms with van der Waals surface area (Å²) in [5.74, 6) is 0.294. The molecule has 0 spiro atoms. The number of H-pyrrole nitrogens is 1. The molecule has 29 heavy (non-hydrogen) atoms. The maximum Gasteiger partial charge on any atom is 0.290 e. The van der Waals surface area contributed by atoms with Crippen molar-refractivity contribution >= 4 is 12.1 Å². The summed E-state index contributed by atoms with van der Waals surface area (Å²) in [6, 6.07) is 8.87. The molecule has 0 aliphatic heterocycles. The molecule has 2 heterocycles. The van der Waals surface area contributed by atoms with E-state index in [0.29, 0.717) is 5.69 Å². The molecule has 0 atom stereocenters. The minimum absolute atomic E-state index is 0.0450. The third kappa shape index (κ3) is 4.92. The Morgan fingerprint density at radius 3 is 2.62 bits per heavy atom. The highest BCUT2D eigenvalue weighted by Crippen LogP contribution is 2.13. The number of aromatic nitrogens is 5. The van der Waals surface area contributed by atoms with Crippen molar-refractivity contribution in [2.75, 3.05) is 0 Å². The van der Waals surface area contributed by atoms with Gasteiger partial charge >= 0.3 is 0 Å². The molecule has 3 aromatic rings. The zero-order chi connectivity index (χ0) is 21.0. The van der Waals surface area contributed by atoms with E-state index >= 15 is 0 Å². The van der Waals surface area contributed by atoms with E-state index in [9.17, 15) is 9.59 Å². The number of aryl methyl sites for hydroxylation is 2. The van der Waals surface area contributed by atoms with Crippen LogP contribution in [-0.2, 0) is 0 Å². The number of nitrogens with zero attached hydrogens (tertiary/aromatic N) is 5. The third-order valence-corrected chi connectivity index (χ3v) is 3.75.